The molecular weight excluding hydrogens is 200 g/mol. The van der Waals surface area contributed by atoms with E-state index in [1.807, 2.05) is 19.1 Å². The summed E-state index contributed by atoms with van der Waals surface area (Å²) in [6, 6.07) is 3.68. The normalized spacial score (nSPS) is 9.93. The summed E-state index contributed by atoms with van der Waals surface area (Å²) in [6.45, 7) is 2.41. The van der Waals surface area contributed by atoms with Crippen LogP contribution in [0.1, 0.15) is 16.1 Å². The van der Waals surface area contributed by atoms with E-state index in [1.54, 1.807) is 18.1 Å². The van der Waals surface area contributed by atoms with Crippen molar-refractivity contribution in [3.8, 4) is 0 Å². The fraction of sp³-hybridized carbons (Fsp3) is 0.400. The Morgan fingerprint density at radius 2 is 2.36 bits per heavy atom. The monoisotopic (exact) mass is 212 g/mol. The van der Waals surface area contributed by atoms with Gasteiger partial charge in [-0.1, -0.05) is 6.07 Å². The van der Waals surface area contributed by atoms with Crippen LogP contribution in [-0.4, -0.2) is 35.3 Å². The van der Waals surface area contributed by atoms with Gasteiger partial charge in [-0.15, -0.1) is 11.6 Å². The Morgan fingerprint density at radius 1 is 1.64 bits per heavy atom. The molecule has 0 saturated carbocycles. The number of nitrogens with zero attached hydrogens (tertiary/aromatic N) is 2. The smallest absolute Gasteiger partial charge is 0.272 e. The number of pyridine rings is 1. The summed E-state index contributed by atoms with van der Waals surface area (Å²) in [4.78, 5) is 17.4. The van der Waals surface area contributed by atoms with Gasteiger partial charge < -0.3 is 4.90 Å². The van der Waals surface area contributed by atoms with E-state index in [0.29, 0.717) is 18.1 Å². The quantitative estimate of drug-likeness (QED) is 0.715. The van der Waals surface area contributed by atoms with Crippen LogP contribution in [0, 0.1) is 6.92 Å². The molecule has 0 saturated heterocycles. The second-order valence-corrected chi connectivity index (χ2v) is 3.46. The minimum atomic E-state index is -0.0799. The first-order valence-corrected chi connectivity index (χ1v) is 4.93. The zero-order valence-electron chi connectivity index (χ0n) is 8.33. The molecule has 14 heavy (non-hydrogen) atoms. The zero-order valence-corrected chi connectivity index (χ0v) is 9.08. The van der Waals surface area contributed by atoms with Crippen molar-refractivity contribution in [2.45, 2.75) is 6.92 Å². The predicted octanol–water partition coefficient (Wildman–Crippen LogP) is 1.70. The predicted molar refractivity (Wildman–Crippen MR) is 56.7 cm³/mol. The van der Waals surface area contributed by atoms with Crippen LogP contribution in [-0.2, 0) is 0 Å². The molecule has 1 heterocycles. The molecule has 0 aliphatic carbocycles. The molecule has 0 atom stereocenters. The summed E-state index contributed by atoms with van der Waals surface area (Å²) in [6.07, 6.45) is 1.62. The maximum atomic E-state index is 11.8. The minimum Gasteiger partial charge on any atom is -0.339 e. The van der Waals surface area contributed by atoms with Gasteiger partial charge in [0.05, 0.1) is 0 Å². The molecule has 4 heteroatoms. The molecule has 0 aliphatic rings. The average Bonchev–Trinajstić information content (AvgIpc) is 2.18. The standard InChI is InChI=1S/C10H13ClN2O/c1-8-4-3-6-12-9(8)10(14)13(2)7-5-11/h3-4,6H,5,7H2,1-2H3. The third-order valence-electron chi connectivity index (χ3n) is 1.98. The van der Waals surface area contributed by atoms with Gasteiger partial charge in [-0.2, -0.15) is 0 Å². The van der Waals surface area contributed by atoms with Crippen LogP contribution in [0.25, 0.3) is 0 Å². The lowest BCUT2D eigenvalue weighted by Gasteiger charge is -2.15. The molecule has 0 spiro atoms. The number of carbonyl (C=O) groups excluding carboxylic acids is 1. The molecule has 0 N–H and O–H groups in total. The van der Waals surface area contributed by atoms with Gasteiger partial charge in [-0.05, 0) is 18.6 Å². The lowest BCUT2D eigenvalue weighted by Crippen LogP contribution is -2.29. The molecule has 0 bridgehead atoms. The molecule has 1 aromatic heterocycles. The van der Waals surface area contributed by atoms with Crippen LogP contribution in [0.15, 0.2) is 18.3 Å². The Hall–Kier alpha value is -1.09. The Bertz CT molecular complexity index is 328. The van der Waals surface area contributed by atoms with Crippen molar-refractivity contribution >= 4 is 17.5 Å². The zero-order chi connectivity index (χ0) is 10.6. The SMILES string of the molecule is Cc1cccnc1C(=O)N(C)CCCl. The van der Waals surface area contributed by atoms with Crippen LogP contribution in [0.4, 0.5) is 0 Å². The largest absolute Gasteiger partial charge is 0.339 e. The van der Waals surface area contributed by atoms with E-state index in [2.05, 4.69) is 4.98 Å². The molecular formula is C10H13ClN2O. The van der Waals surface area contributed by atoms with Gasteiger partial charge in [0.15, 0.2) is 0 Å². The number of carbonyl (C=O) groups is 1. The number of hydrogen-bond acceptors (Lipinski definition) is 2. The Kier molecular flexibility index (Phi) is 3.89. The highest BCUT2D eigenvalue weighted by atomic mass is 35.5. The topological polar surface area (TPSA) is 33.2 Å². The first-order chi connectivity index (χ1) is 6.66. The Balaban J connectivity index is 2.84. The summed E-state index contributed by atoms with van der Waals surface area (Å²) >= 11 is 5.55. The third kappa shape index (κ3) is 2.45. The van der Waals surface area contributed by atoms with Crippen molar-refractivity contribution in [2.75, 3.05) is 19.5 Å². The van der Waals surface area contributed by atoms with Crippen LogP contribution in [0.3, 0.4) is 0 Å². The van der Waals surface area contributed by atoms with Crippen LogP contribution in [0.5, 0.6) is 0 Å². The number of amides is 1. The number of aryl methyl sites for hydroxylation is 1. The van der Waals surface area contributed by atoms with E-state index < -0.39 is 0 Å². The Morgan fingerprint density at radius 3 is 2.93 bits per heavy atom. The van der Waals surface area contributed by atoms with E-state index in [4.69, 9.17) is 11.6 Å². The first kappa shape index (κ1) is 11.0. The summed E-state index contributed by atoms with van der Waals surface area (Å²) < 4.78 is 0. The van der Waals surface area contributed by atoms with E-state index in [-0.39, 0.29) is 5.91 Å². The molecule has 1 rings (SSSR count). The fourth-order valence-electron chi connectivity index (χ4n) is 1.12. The summed E-state index contributed by atoms with van der Waals surface area (Å²) in [7, 11) is 1.72. The summed E-state index contributed by atoms with van der Waals surface area (Å²) in [5, 5.41) is 0. The lowest BCUT2D eigenvalue weighted by atomic mass is 10.2. The van der Waals surface area contributed by atoms with Crippen LogP contribution < -0.4 is 0 Å². The molecule has 1 amide bonds. The number of aromatic nitrogens is 1. The maximum absolute atomic E-state index is 11.8. The number of halogens is 1. The highest BCUT2D eigenvalue weighted by Crippen LogP contribution is 2.06. The molecule has 0 fully saturated rings. The van der Waals surface area contributed by atoms with Gasteiger partial charge in [0.2, 0.25) is 0 Å². The molecule has 0 aromatic carbocycles. The Labute approximate surface area is 88.7 Å². The van der Waals surface area contributed by atoms with Crippen LogP contribution >= 0.6 is 11.6 Å². The van der Waals surface area contributed by atoms with E-state index in [0.717, 1.165) is 5.56 Å². The van der Waals surface area contributed by atoms with E-state index in [9.17, 15) is 4.79 Å². The van der Waals surface area contributed by atoms with Gasteiger partial charge in [-0.25, -0.2) is 0 Å². The number of rotatable bonds is 3. The van der Waals surface area contributed by atoms with Gasteiger partial charge >= 0.3 is 0 Å². The summed E-state index contributed by atoms with van der Waals surface area (Å²) in [5.41, 5.74) is 1.39. The highest BCUT2D eigenvalue weighted by Gasteiger charge is 2.13. The van der Waals surface area contributed by atoms with Crippen LogP contribution in [0.2, 0.25) is 0 Å². The van der Waals surface area contributed by atoms with Crippen molar-refractivity contribution < 1.29 is 4.79 Å². The molecule has 0 radical (unpaired) electrons. The van der Waals surface area contributed by atoms with Gasteiger partial charge in [-0.3, -0.25) is 9.78 Å². The summed E-state index contributed by atoms with van der Waals surface area (Å²) in [5.74, 6) is 0.359. The van der Waals surface area contributed by atoms with Crippen molar-refractivity contribution in [3.05, 3.63) is 29.6 Å². The average molecular weight is 213 g/mol. The van der Waals surface area contributed by atoms with E-state index >= 15 is 0 Å². The fourth-order valence-corrected chi connectivity index (χ4v) is 1.37. The number of hydrogen-bond donors (Lipinski definition) is 0. The lowest BCUT2D eigenvalue weighted by molar-refractivity contribution is 0.0797. The van der Waals surface area contributed by atoms with Crippen molar-refractivity contribution in [2.24, 2.45) is 0 Å². The van der Waals surface area contributed by atoms with Crippen molar-refractivity contribution in [1.82, 2.24) is 9.88 Å². The molecule has 76 valence electrons. The third-order valence-corrected chi connectivity index (χ3v) is 2.15. The number of alkyl halides is 1. The van der Waals surface area contributed by atoms with Crippen molar-refractivity contribution in [1.29, 1.82) is 0 Å². The first-order valence-electron chi connectivity index (χ1n) is 4.40. The molecule has 1 aromatic rings. The maximum Gasteiger partial charge on any atom is 0.272 e. The molecule has 0 aliphatic heterocycles. The highest BCUT2D eigenvalue weighted by molar-refractivity contribution is 6.18. The molecule has 0 unspecified atom stereocenters. The van der Waals surface area contributed by atoms with Crippen molar-refractivity contribution in [3.63, 3.8) is 0 Å². The van der Waals surface area contributed by atoms with E-state index in [1.165, 1.54) is 0 Å². The van der Waals surface area contributed by atoms with Gasteiger partial charge in [0.25, 0.3) is 5.91 Å². The van der Waals surface area contributed by atoms with Gasteiger partial charge in [0.1, 0.15) is 5.69 Å². The second kappa shape index (κ2) is 4.96. The molecule has 3 nitrogen and oxygen atoms in total. The van der Waals surface area contributed by atoms with Gasteiger partial charge in [0, 0.05) is 25.7 Å². The minimum absolute atomic E-state index is 0.0799. The second-order valence-electron chi connectivity index (χ2n) is 3.08.